The van der Waals surface area contributed by atoms with E-state index in [2.05, 4.69) is 5.16 Å². The molecule has 0 unspecified atom stereocenters. The van der Waals surface area contributed by atoms with Gasteiger partial charge in [0.15, 0.2) is 5.84 Å². The summed E-state index contributed by atoms with van der Waals surface area (Å²) >= 11 is 0. The van der Waals surface area contributed by atoms with Gasteiger partial charge in [0.05, 0.1) is 11.6 Å². The second kappa shape index (κ2) is 7.47. The van der Waals surface area contributed by atoms with Gasteiger partial charge >= 0.3 is 0 Å². The van der Waals surface area contributed by atoms with Crippen LogP contribution in [0.1, 0.15) is 11.1 Å². The van der Waals surface area contributed by atoms with Crippen LogP contribution < -0.4 is 5.73 Å². The van der Waals surface area contributed by atoms with Gasteiger partial charge < -0.3 is 10.9 Å². The van der Waals surface area contributed by atoms with Crippen LogP contribution in [-0.4, -0.2) is 11.0 Å². The molecule has 0 radical (unpaired) electrons. The van der Waals surface area contributed by atoms with E-state index in [0.29, 0.717) is 5.56 Å². The van der Waals surface area contributed by atoms with E-state index < -0.39 is 0 Å². The van der Waals surface area contributed by atoms with Crippen molar-refractivity contribution >= 4 is 5.84 Å². The van der Waals surface area contributed by atoms with Crippen molar-refractivity contribution < 1.29 is 5.21 Å². The standard InChI is InChI=1S/C7H8N2O.C7H5N/c8-7(9-10)6-4-2-1-3-5-6;8-6-7-4-2-1-3-5-7/h1-5,10H,(H2,8,9);1-5H. The molecule has 2 aromatic carbocycles. The highest BCUT2D eigenvalue weighted by atomic mass is 16.4. The first kappa shape index (κ1) is 13.3. The molecule has 0 atom stereocenters. The third-order valence-corrected chi connectivity index (χ3v) is 2.08. The van der Waals surface area contributed by atoms with Gasteiger partial charge in [0.25, 0.3) is 0 Å². The van der Waals surface area contributed by atoms with E-state index in [9.17, 15) is 0 Å². The average molecular weight is 239 g/mol. The summed E-state index contributed by atoms with van der Waals surface area (Å²) in [7, 11) is 0. The summed E-state index contributed by atoms with van der Waals surface area (Å²) in [6.45, 7) is 0. The zero-order chi connectivity index (χ0) is 13.2. The first-order valence-corrected chi connectivity index (χ1v) is 5.26. The van der Waals surface area contributed by atoms with Crippen LogP contribution in [0, 0.1) is 11.3 Å². The van der Waals surface area contributed by atoms with Gasteiger partial charge in [0.2, 0.25) is 0 Å². The van der Waals surface area contributed by atoms with Gasteiger partial charge in [0, 0.05) is 5.56 Å². The average Bonchev–Trinajstić information content (AvgIpc) is 2.49. The van der Waals surface area contributed by atoms with Crippen LogP contribution in [0.4, 0.5) is 0 Å². The number of nitriles is 1. The number of benzene rings is 2. The largest absolute Gasteiger partial charge is 0.409 e. The minimum atomic E-state index is 0.139. The molecule has 0 bridgehead atoms. The summed E-state index contributed by atoms with van der Waals surface area (Å²) in [5.41, 5.74) is 6.74. The van der Waals surface area contributed by atoms with Gasteiger partial charge in [-0.05, 0) is 12.1 Å². The highest BCUT2D eigenvalue weighted by Crippen LogP contribution is 1.96. The molecule has 0 aliphatic carbocycles. The van der Waals surface area contributed by atoms with E-state index in [1.807, 2.05) is 42.5 Å². The van der Waals surface area contributed by atoms with Gasteiger partial charge in [0.1, 0.15) is 0 Å². The molecule has 0 saturated carbocycles. The summed E-state index contributed by atoms with van der Waals surface area (Å²) in [5, 5.41) is 19.4. The highest BCUT2D eigenvalue weighted by Gasteiger charge is 1.93. The molecule has 2 aromatic rings. The van der Waals surface area contributed by atoms with Crippen LogP contribution in [0.2, 0.25) is 0 Å². The predicted molar refractivity (Wildman–Crippen MR) is 70.1 cm³/mol. The van der Waals surface area contributed by atoms with Gasteiger partial charge in [-0.3, -0.25) is 0 Å². The Morgan fingerprint density at radius 3 is 1.89 bits per heavy atom. The zero-order valence-electron chi connectivity index (χ0n) is 9.69. The lowest BCUT2D eigenvalue weighted by Crippen LogP contribution is -2.12. The van der Waals surface area contributed by atoms with Crippen molar-refractivity contribution in [3.8, 4) is 6.07 Å². The summed E-state index contributed by atoms with van der Waals surface area (Å²) in [5.74, 6) is 0.139. The van der Waals surface area contributed by atoms with Crippen molar-refractivity contribution in [2.75, 3.05) is 0 Å². The minimum absolute atomic E-state index is 0.139. The van der Waals surface area contributed by atoms with Gasteiger partial charge in [-0.1, -0.05) is 53.7 Å². The molecule has 3 N–H and O–H groups in total. The Morgan fingerprint density at radius 2 is 1.50 bits per heavy atom. The van der Waals surface area contributed by atoms with E-state index in [4.69, 9.17) is 16.2 Å². The van der Waals surface area contributed by atoms with Crippen LogP contribution in [0.3, 0.4) is 0 Å². The Bertz CT molecular complexity index is 530. The second-order valence-electron chi connectivity index (χ2n) is 3.33. The Hall–Kier alpha value is -2.80. The molecule has 0 aliphatic heterocycles. The van der Waals surface area contributed by atoms with Crippen molar-refractivity contribution in [2.24, 2.45) is 10.9 Å². The van der Waals surface area contributed by atoms with E-state index in [-0.39, 0.29) is 5.84 Å². The minimum Gasteiger partial charge on any atom is -0.409 e. The first-order chi connectivity index (χ1) is 8.77. The fraction of sp³-hybridized carbons (Fsp3) is 0. The summed E-state index contributed by atoms with van der Waals surface area (Å²) in [4.78, 5) is 0. The monoisotopic (exact) mass is 239 g/mol. The third-order valence-electron chi connectivity index (χ3n) is 2.08. The van der Waals surface area contributed by atoms with Crippen molar-refractivity contribution in [3.05, 3.63) is 71.8 Å². The molecular formula is C14H13N3O. The number of amidine groups is 1. The van der Waals surface area contributed by atoms with Crippen LogP contribution in [0.15, 0.2) is 65.8 Å². The lowest BCUT2D eigenvalue weighted by molar-refractivity contribution is 0.318. The fourth-order valence-electron chi connectivity index (χ4n) is 1.18. The van der Waals surface area contributed by atoms with Crippen LogP contribution in [-0.2, 0) is 0 Å². The smallest absolute Gasteiger partial charge is 0.170 e. The quantitative estimate of drug-likeness (QED) is 0.347. The lowest BCUT2D eigenvalue weighted by Gasteiger charge is -1.94. The first-order valence-electron chi connectivity index (χ1n) is 5.26. The molecule has 4 nitrogen and oxygen atoms in total. The number of nitrogens with two attached hydrogens (primary N) is 1. The molecule has 0 heterocycles. The molecule has 0 fully saturated rings. The highest BCUT2D eigenvalue weighted by molar-refractivity contribution is 5.96. The zero-order valence-corrected chi connectivity index (χ0v) is 9.69. The maximum Gasteiger partial charge on any atom is 0.170 e. The van der Waals surface area contributed by atoms with E-state index in [1.54, 1.807) is 24.3 Å². The second-order valence-corrected chi connectivity index (χ2v) is 3.33. The molecule has 4 heteroatoms. The molecule has 0 aromatic heterocycles. The fourth-order valence-corrected chi connectivity index (χ4v) is 1.18. The molecule has 0 amide bonds. The Morgan fingerprint density at radius 1 is 1.00 bits per heavy atom. The maximum atomic E-state index is 8.29. The van der Waals surface area contributed by atoms with Crippen molar-refractivity contribution in [2.45, 2.75) is 0 Å². The van der Waals surface area contributed by atoms with Crippen LogP contribution in [0.25, 0.3) is 0 Å². The summed E-state index contributed by atoms with van der Waals surface area (Å²) in [6, 6.07) is 20.2. The predicted octanol–water partition coefficient (Wildman–Crippen LogP) is 2.34. The summed E-state index contributed by atoms with van der Waals surface area (Å²) < 4.78 is 0. The SMILES string of the molecule is N#Cc1ccccc1.N/C(=N\O)c1ccccc1. The summed E-state index contributed by atoms with van der Waals surface area (Å²) in [6.07, 6.45) is 0. The van der Waals surface area contributed by atoms with E-state index in [0.717, 1.165) is 5.56 Å². The van der Waals surface area contributed by atoms with Gasteiger partial charge in [-0.25, -0.2) is 0 Å². The number of oxime groups is 1. The van der Waals surface area contributed by atoms with Crippen LogP contribution >= 0.6 is 0 Å². The van der Waals surface area contributed by atoms with Gasteiger partial charge in [-0.15, -0.1) is 0 Å². The molecule has 0 aliphatic rings. The third kappa shape index (κ3) is 4.37. The Labute approximate surface area is 106 Å². The number of hydrogen-bond acceptors (Lipinski definition) is 3. The Balaban J connectivity index is 0.000000184. The number of hydrogen-bond donors (Lipinski definition) is 2. The molecule has 90 valence electrons. The molecule has 0 saturated heterocycles. The topological polar surface area (TPSA) is 82.4 Å². The van der Waals surface area contributed by atoms with Crippen molar-refractivity contribution in [1.29, 1.82) is 5.26 Å². The molecular weight excluding hydrogens is 226 g/mol. The molecule has 2 rings (SSSR count). The van der Waals surface area contributed by atoms with E-state index in [1.165, 1.54) is 0 Å². The lowest BCUT2D eigenvalue weighted by atomic mass is 10.2. The maximum absolute atomic E-state index is 8.29. The normalized spacial score (nSPS) is 9.83. The number of nitrogens with zero attached hydrogens (tertiary/aromatic N) is 2. The molecule has 18 heavy (non-hydrogen) atoms. The molecule has 0 spiro atoms. The Kier molecular flexibility index (Phi) is 5.50. The number of rotatable bonds is 1. The van der Waals surface area contributed by atoms with Crippen LogP contribution in [0.5, 0.6) is 0 Å². The van der Waals surface area contributed by atoms with Crippen molar-refractivity contribution in [1.82, 2.24) is 0 Å². The van der Waals surface area contributed by atoms with E-state index >= 15 is 0 Å². The van der Waals surface area contributed by atoms with Gasteiger partial charge in [-0.2, -0.15) is 5.26 Å². The van der Waals surface area contributed by atoms with Crippen molar-refractivity contribution in [3.63, 3.8) is 0 Å².